The minimum atomic E-state index is -0.788. The Morgan fingerprint density at radius 2 is 0.840 bits per heavy atom. The summed E-state index contributed by atoms with van der Waals surface area (Å²) in [6.07, 6.45) is 2.50. The number of anilines is 2. The minimum absolute atomic E-state index is 0. The van der Waals surface area contributed by atoms with E-state index < -0.39 is 24.6 Å². The first-order chi connectivity index (χ1) is 39.3. The highest BCUT2D eigenvalue weighted by molar-refractivity contribution is 6.08. The second-order valence-corrected chi connectivity index (χ2v) is 18.8. The van der Waals surface area contributed by atoms with Crippen LogP contribution in [0.1, 0.15) is 99.8 Å². The molecule has 4 amide bonds. The summed E-state index contributed by atoms with van der Waals surface area (Å²) < 4.78 is 27.7. The second-order valence-electron chi connectivity index (χ2n) is 18.8. The monoisotopic (exact) mass is 1110 g/mol. The summed E-state index contributed by atoms with van der Waals surface area (Å²) in [7, 11) is 3.11. The van der Waals surface area contributed by atoms with Crippen molar-refractivity contribution in [1.29, 1.82) is 0 Å². The molecular formula is C66H67ClN8O6. The van der Waals surface area contributed by atoms with Gasteiger partial charge in [-0.25, -0.2) is 9.98 Å². The highest BCUT2D eigenvalue weighted by atomic mass is 35.5. The first-order valence-corrected chi connectivity index (χ1v) is 25.6. The van der Waals surface area contributed by atoms with Gasteiger partial charge in [0.15, 0.2) is 0 Å². The molecule has 0 bridgehead atoms. The van der Waals surface area contributed by atoms with E-state index in [9.17, 15) is 19.2 Å². The lowest BCUT2D eigenvalue weighted by atomic mass is 10.0. The molecule has 15 heteroatoms. The molecule has 0 aliphatic carbocycles. The molecule has 0 saturated carbocycles. The summed E-state index contributed by atoms with van der Waals surface area (Å²) in [6, 6.07) is 50.7. The number of guanidine groups is 2. The summed E-state index contributed by atoms with van der Waals surface area (Å²) in [5.41, 5.74) is 24.8. The molecule has 0 aliphatic rings. The Balaban J connectivity index is 0.000000264. The van der Waals surface area contributed by atoms with Gasteiger partial charge in [-0.15, -0.1) is 12.4 Å². The number of methoxy groups -OCH3 is 2. The molecule has 0 aliphatic heterocycles. The number of carbonyl (C=O) groups excluding carboxylic acids is 4. The Morgan fingerprint density at radius 1 is 0.457 bits per heavy atom. The maximum Gasteiger partial charge on any atom is 0.258 e. The topological polar surface area (TPSA) is 212 Å². The van der Waals surface area contributed by atoms with Crippen LogP contribution in [0.25, 0.3) is 12.2 Å². The van der Waals surface area contributed by atoms with E-state index in [1.807, 2.05) is 133 Å². The maximum absolute atomic E-state index is 13.0. The van der Waals surface area contributed by atoms with E-state index in [4.69, 9.17) is 23.7 Å². The SMILES string of the molecule is COc1cc(C(=O)NC(N)=Nc2ccc(C)c(NC(=O)c3ccc(/C=C/c4ccccc4)cc3)c2)cc(C)c1C.Cl.[3H]C(c1ccccc1)C([3H])c1ccc(C(=O)Nc2cc(N=C(N)NC(=O)c3cc(C)c(C)c(OC)c3)ccc2C)cc1. The smallest absolute Gasteiger partial charge is 0.258 e. The average Bonchev–Trinajstić information content (AvgIpc) is 3.68. The van der Waals surface area contributed by atoms with Crippen molar-refractivity contribution in [3.05, 3.63) is 248 Å². The van der Waals surface area contributed by atoms with Crippen molar-refractivity contribution >= 4 is 82.9 Å². The van der Waals surface area contributed by atoms with Gasteiger partial charge in [0.05, 0.1) is 25.6 Å². The number of aliphatic imine (C=N–C) groups is 2. The fourth-order valence-corrected chi connectivity index (χ4v) is 8.07. The average molecular weight is 1110 g/mol. The van der Waals surface area contributed by atoms with E-state index in [2.05, 4.69) is 31.3 Å². The van der Waals surface area contributed by atoms with E-state index in [0.717, 1.165) is 50.1 Å². The zero-order valence-electron chi connectivity index (χ0n) is 48.4. The van der Waals surface area contributed by atoms with Gasteiger partial charge in [-0.1, -0.05) is 109 Å². The largest absolute Gasteiger partial charge is 0.496 e. The Morgan fingerprint density at radius 3 is 1.26 bits per heavy atom. The fraction of sp³-hybridized carbons (Fsp3) is 0.152. The van der Waals surface area contributed by atoms with Gasteiger partial charge in [0.1, 0.15) is 11.5 Å². The Hall–Kier alpha value is -9.79. The van der Waals surface area contributed by atoms with E-state index in [0.29, 0.717) is 62.1 Å². The zero-order valence-corrected chi connectivity index (χ0v) is 47.2. The highest BCUT2D eigenvalue weighted by Gasteiger charge is 2.16. The van der Waals surface area contributed by atoms with Crippen LogP contribution in [0.5, 0.6) is 11.5 Å². The van der Waals surface area contributed by atoms with Gasteiger partial charge < -0.3 is 31.6 Å². The molecule has 0 spiro atoms. The quantitative estimate of drug-likeness (QED) is 0.0329. The lowest BCUT2D eigenvalue weighted by molar-refractivity contribution is 0.0968. The van der Waals surface area contributed by atoms with Crippen molar-refractivity contribution in [2.24, 2.45) is 21.5 Å². The van der Waals surface area contributed by atoms with E-state index >= 15 is 0 Å². The second kappa shape index (κ2) is 28.7. The number of amides is 4. The van der Waals surface area contributed by atoms with Crippen LogP contribution in [0.15, 0.2) is 180 Å². The predicted octanol–water partition coefficient (Wildman–Crippen LogP) is 12.9. The molecule has 8 N–H and O–H groups in total. The number of aryl methyl sites for hydroxylation is 6. The van der Waals surface area contributed by atoms with Crippen molar-refractivity contribution in [3.63, 3.8) is 0 Å². The molecule has 81 heavy (non-hydrogen) atoms. The molecule has 2 unspecified atom stereocenters. The highest BCUT2D eigenvalue weighted by Crippen LogP contribution is 2.27. The van der Waals surface area contributed by atoms with Gasteiger partial charge in [0.25, 0.3) is 23.6 Å². The lowest BCUT2D eigenvalue weighted by Crippen LogP contribution is -2.36. The number of benzene rings is 8. The van der Waals surface area contributed by atoms with E-state index in [1.165, 1.54) is 0 Å². The maximum atomic E-state index is 13.0. The molecule has 0 fully saturated rings. The van der Waals surface area contributed by atoms with Crippen LogP contribution >= 0.6 is 12.4 Å². The summed E-state index contributed by atoms with van der Waals surface area (Å²) in [5, 5.41) is 11.0. The van der Waals surface area contributed by atoms with Gasteiger partial charge in [-0.05, 0) is 183 Å². The molecule has 14 nitrogen and oxygen atoms in total. The number of nitrogens with two attached hydrogens (primary N) is 2. The van der Waals surface area contributed by atoms with Crippen molar-refractivity contribution in [1.82, 2.24) is 10.6 Å². The summed E-state index contributed by atoms with van der Waals surface area (Å²) in [4.78, 5) is 60.1. The number of carbonyl (C=O) groups is 4. The molecular weight excluding hydrogens is 1040 g/mol. The van der Waals surface area contributed by atoms with Gasteiger partial charge >= 0.3 is 0 Å². The Kier molecular flexibility index (Phi) is 20.3. The number of nitrogens with one attached hydrogen (secondary N) is 4. The lowest BCUT2D eigenvalue weighted by Gasteiger charge is -2.12. The zero-order chi connectivity index (χ0) is 59.0. The van der Waals surface area contributed by atoms with Gasteiger partial charge in [-0.2, -0.15) is 0 Å². The van der Waals surface area contributed by atoms with Crippen LogP contribution in [0.3, 0.4) is 0 Å². The summed E-state index contributed by atoms with van der Waals surface area (Å²) >= 11 is 0. The normalized spacial score (nSPS) is 12.2. The minimum Gasteiger partial charge on any atom is -0.496 e. The standard InChI is InChI=1S/C33H34N4O3.C33H32N4O3.ClH/c2*1-21-10-17-28(35-33(34)37-32(39)27-18-22(2)23(3)30(19-27)40-4)20-29(21)36-31(38)26-15-13-25(14-16-26)12-11-24-8-6-5-7-9-24;/h5-10,13-20H,11-12H2,1-4H3,(H,36,38)(H3,34,35,37,39);5-20H,1-4H3,(H,36,38)(H3,34,35,37,39);1H/b;12-11+;/i11T,12T;;. The predicted molar refractivity (Wildman–Crippen MR) is 330 cm³/mol. The third-order valence-corrected chi connectivity index (χ3v) is 13.0. The number of ether oxygens (including phenoxy) is 2. The summed E-state index contributed by atoms with van der Waals surface area (Å²) in [6.45, 7) is 11.4. The molecule has 8 aromatic carbocycles. The Bertz CT molecular complexity index is 3710. The third kappa shape index (κ3) is 17.1. The van der Waals surface area contributed by atoms with E-state index in [1.54, 1.807) is 105 Å². The number of hydrogen-bond acceptors (Lipinski definition) is 8. The van der Waals surface area contributed by atoms with Crippen LogP contribution in [0.4, 0.5) is 22.7 Å². The summed E-state index contributed by atoms with van der Waals surface area (Å²) in [5.74, 6) is -0.322. The Labute approximate surface area is 482 Å². The first-order valence-electron chi connectivity index (χ1n) is 26.7. The molecule has 0 heterocycles. The van der Waals surface area contributed by atoms with Crippen LogP contribution in [-0.2, 0) is 12.8 Å². The molecule has 0 aromatic heterocycles. The molecule has 8 aromatic rings. The van der Waals surface area contributed by atoms with E-state index in [-0.39, 0.29) is 36.1 Å². The van der Waals surface area contributed by atoms with Crippen molar-refractivity contribution in [3.8, 4) is 11.5 Å². The van der Waals surface area contributed by atoms with Crippen LogP contribution in [-0.4, -0.2) is 49.8 Å². The fourth-order valence-electron chi connectivity index (χ4n) is 8.07. The van der Waals surface area contributed by atoms with Crippen LogP contribution in [0.2, 0.25) is 0 Å². The molecule has 2 atom stereocenters. The number of nitrogens with zero attached hydrogens (tertiary/aromatic N) is 2. The van der Waals surface area contributed by atoms with Gasteiger partial charge in [0.2, 0.25) is 11.9 Å². The molecule has 0 radical (unpaired) electrons. The van der Waals surface area contributed by atoms with Crippen molar-refractivity contribution in [2.45, 2.75) is 54.3 Å². The van der Waals surface area contributed by atoms with Gasteiger partial charge in [0, 0.05) is 36.4 Å². The number of hydrogen-bond donors (Lipinski definition) is 6. The molecule has 414 valence electrons. The van der Waals surface area contributed by atoms with Crippen molar-refractivity contribution in [2.75, 3.05) is 24.9 Å². The molecule has 8 rings (SSSR count). The third-order valence-electron chi connectivity index (χ3n) is 13.0. The van der Waals surface area contributed by atoms with Crippen LogP contribution in [0, 0.1) is 41.5 Å². The number of rotatable bonds is 15. The van der Waals surface area contributed by atoms with Crippen molar-refractivity contribution < 1.29 is 31.4 Å². The van der Waals surface area contributed by atoms with Gasteiger partial charge in [-0.3, -0.25) is 29.8 Å². The first kappa shape index (κ1) is 57.4. The number of halogens is 1. The van der Waals surface area contributed by atoms with Crippen LogP contribution < -0.4 is 42.2 Å². The molecule has 0 saturated heterocycles.